The lowest BCUT2D eigenvalue weighted by Gasteiger charge is -2.38. The van der Waals surface area contributed by atoms with Crippen LogP contribution < -0.4 is 9.64 Å². The highest BCUT2D eigenvalue weighted by Gasteiger charge is 2.49. The van der Waals surface area contributed by atoms with Gasteiger partial charge in [-0.3, -0.25) is 9.88 Å². The lowest BCUT2D eigenvalue weighted by atomic mass is 9.94. The van der Waals surface area contributed by atoms with Crippen LogP contribution in [-0.2, 0) is 6.42 Å². The molecule has 3 aliphatic rings. The van der Waals surface area contributed by atoms with Gasteiger partial charge < -0.3 is 19.8 Å². The van der Waals surface area contributed by atoms with Gasteiger partial charge in [0.1, 0.15) is 41.4 Å². The number of fused-ring (bicyclic) bond motifs is 3. The van der Waals surface area contributed by atoms with E-state index in [0.29, 0.717) is 66.3 Å². The molecule has 0 unspecified atom stereocenters. The summed E-state index contributed by atoms with van der Waals surface area (Å²) in [6, 6.07) is 5.75. The number of phenolic OH excluding ortho intramolecular Hbond substituents is 1. The van der Waals surface area contributed by atoms with Crippen LogP contribution in [0, 0.1) is 11.6 Å². The van der Waals surface area contributed by atoms with Gasteiger partial charge in [-0.05, 0) is 80.1 Å². The fraction of sp³-hybridized carbons (Fsp3) is 0.485. The zero-order valence-electron chi connectivity index (χ0n) is 24.9. The van der Waals surface area contributed by atoms with Gasteiger partial charge in [0, 0.05) is 37.8 Å². The molecule has 232 valence electrons. The average Bonchev–Trinajstić information content (AvgIpc) is 3.51. The summed E-state index contributed by atoms with van der Waals surface area (Å²) in [5.41, 5.74) is -0.898. The summed E-state index contributed by atoms with van der Waals surface area (Å²) in [7, 11) is 0. The van der Waals surface area contributed by atoms with Crippen LogP contribution >= 0.6 is 0 Å². The topological polar surface area (TPSA) is 94.8 Å². The minimum Gasteiger partial charge on any atom is -0.508 e. The number of ether oxygens (including phenoxy) is 1. The van der Waals surface area contributed by atoms with Gasteiger partial charge in [-0.1, -0.05) is 13.0 Å². The molecule has 0 bridgehead atoms. The van der Waals surface area contributed by atoms with E-state index in [9.17, 15) is 19.0 Å². The van der Waals surface area contributed by atoms with Gasteiger partial charge in [0.25, 0.3) is 0 Å². The quantitative estimate of drug-likeness (QED) is 0.289. The number of phenols is 1. The molecular weight excluding hydrogens is 571 g/mol. The molecule has 7 rings (SSSR count). The Bertz CT molecular complexity index is 1770. The standard InChI is InChI=1S/C33H36F3N5O3/c1-3-22-25(35)7-6-19-12-21(42)13-23(26(19)22)28-27(36)29-24(15-37-28)30(40-10-4-8-32(2,43)17-40)39-31(38-29)44-18-33-9-5-11-41(33)16-20(34)14-33/h6-7,12-13,15,20,42-43H,3-5,8-11,14,16-18H2,1-2H3/t20-,32-,33-/m1/s1. The molecule has 2 N–H and O–H groups in total. The fourth-order valence-corrected chi connectivity index (χ4v) is 7.60. The van der Waals surface area contributed by atoms with Gasteiger partial charge in [-0.2, -0.15) is 9.97 Å². The Hall–Kier alpha value is -3.70. The number of halogens is 3. The third-order valence-corrected chi connectivity index (χ3v) is 9.61. The van der Waals surface area contributed by atoms with E-state index in [1.165, 1.54) is 24.4 Å². The number of β-amino-alcohol motifs (C(OH)–C–C–N with tert-alkyl or cyclic N) is 1. The largest absolute Gasteiger partial charge is 0.508 e. The molecule has 11 heteroatoms. The number of aliphatic hydroxyl groups is 1. The van der Waals surface area contributed by atoms with Crippen LogP contribution in [-0.4, -0.2) is 80.2 Å². The maximum absolute atomic E-state index is 16.7. The Balaban J connectivity index is 1.38. The first kappa shape index (κ1) is 29.0. The highest BCUT2D eigenvalue weighted by molar-refractivity contribution is 6.01. The number of nitrogens with zero attached hydrogens (tertiary/aromatic N) is 5. The Morgan fingerprint density at radius 1 is 1.11 bits per heavy atom. The summed E-state index contributed by atoms with van der Waals surface area (Å²) in [6.07, 6.45) is 4.36. The highest BCUT2D eigenvalue weighted by atomic mass is 19.1. The van der Waals surface area contributed by atoms with Crippen molar-refractivity contribution in [3.63, 3.8) is 0 Å². The molecule has 0 spiro atoms. The van der Waals surface area contributed by atoms with Crippen molar-refractivity contribution in [3.05, 3.63) is 47.7 Å². The molecule has 0 amide bonds. The third kappa shape index (κ3) is 4.90. The minimum absolute atomic E-state index is 0.0401. The summed E-state index contributed by atoms with van der Waals surface area (Å²) in [4.78, 5) is 17.7. The Labute approximate surface area is 253 Å². The lowest BCUT2D eigenvalue weighted by Crippen LogP contribution is -2.46. The van der Waals surface area contributed by atoms with E-state index in [1.807, 2.05) is 11.8 Å². The molecule has 2 aromatic carbocycles. The minimum atomic E-state index is -0.965. The molecule has 0 saturated carbocycles. The van der Waals surface area contributed by atoms with Crippen molar-refractivity contribution in [3.8, 4) is 23.0 Å². The highest BCUT2D eigenvalue weighted by Crippen LogP contribution is 2.42. The first-order valence-electron chi connectivity index (χ1n) is 15.4. The second-order valence-electron chi connectivity index (χ2n) is 12.9. The predicted octanol–water partition coefficient (Wildman–Crippen LogP) is 5.70. The van der Waals surface area contributed by atoms with E-state index < -0.39 is 28.9 Å². The maximum atomic E-state index is 16.7. The third-order valence-electron chi connectivity index (χ3n) is 9.61. The molecule has 4 aromatic rings. The number of hydrogen-bond donors (Lipinski definition) is 2. The number of piperidine rings is 1. The van der Waals surface area contributed by atoms with Gasteiger partial charge in [0.05, 0.1) is 16.5 Å². The van der Waals surface area contributed by atoms with Gasteiger partial charge in [-0.25, -0.2) is 13.2 Å². The van der Waals surface area contributed by atoms with Crippen LogP contribution in [0.3, 0.4) is 0 Å². The molecule has 2 aromatic heterocycles. The fourth-order valence-electron chi connectivity index (χ4n) is 7.60. The zero-order valence-corrected chi connectivity index (χ0v) is 24.9. The van der Waals surface area contributed by atoms with Crippen molar-refractivity contribution in [2.75, 3.05) is 37.7 Å². The van der Waals surface area contributed by atoms with Crippen LogP contribution in [0.2, 0.25) is 0 Å². The summed E-state index contributed by atoms with van der Waals surface area (Å²) in [6.45, 7) is 5.79. The first-order valence-corrected chi connectivity index (χ1v) is 15.4. The van der Waals surface area contributed by atoms with E-state index in [2.05, 4.69) is 14.9 Å². The van der Waals surface area contributed by atoms with Crippen LogP contribution in [0.15, 0.2) is 30.5 Å². The van der Waals surface area contributed by atoms with Crippen LogP contribution in [0.25, 0.3) is 32.9 Å². The van der Waals surface area contributed by atoms with Crippen molar-refractivity contribution in [2.45, 2.75) is 69.7 Å². The summed E-state index contributed by atoms with van der Waals surface area (Å²) in [5, 5.41) is 22.8. The first-order chi connectivity index (χ1) is 21.1. The lowest BCUT2D eigenvalue weighted by molar-refractivity contribution is 0.0447. The van der Waals surface area contributed by atoms with Crippen molar-refractivity contribution in [1.82, 2.24) is 19.9 Å². The van der Waals surface area contributed by atoms with E-state index in [0.717, 1.165) is 19.4 Å². The number of pyridine rings is 1. The molecule has 0 aliphatic carbocycles. The van der Waals surface area contributed by atoms with Crippen LogP contribution in [0.1, 0.15) is 51.5 Å². The Morgan fingerprint density at radius 2 is 1.93 bits per heavy atom. The van der Waals surface area contributed by atoms with Crippen LogP contribution in [0.5, 0.6) is 11.8 Å². The molecule has 0 radical (unpaired) electrons. The van der Waals surface area contributed by atoms with Gasteiger partial charge in [0.2, 0.25) is 0 Å². The van der Waals surface area contributed by atoms with E-state index in [4.69, 9.17) is 9.72 Å². The summed E-state index contributed by atoms with van der Waals surface area (Å²) >= 11 is 0. The number of benzene rings is 2. The van der Waals surface area contributed by atoms with Crippen molar-refractivity contribution < 1.29 is 28.1 Å². The number of hydrogen-bond acceptors (Lipinski definition) is 8. The molecule has 5 heterocycles. The Morgan fingerprint density at radius 3 is 2.73 bits per heavy atom. The molecule has 3 fully saturated rings. The average molecular weight is 608 g/mol. The number of anilines is 1. The maximum Gasteiger partial charge on any atom is 0.319 e. The Kier molecular flexibility index (Phi) is 7.08. The molecule has 8 nitrogen and oxygen atoms in total. The van der Waals surface area contributed by atoms with E-state index in [-0.39, 0.29) is 41.7 Å². The smallest absolute Gasteiger partial charge is 0.319 e. The molecule has 3 atom stereocenters. The molecule has 44 heavy (non-hydrogen) atoms. The number of rotatable bonds is 6. The zero-order chi connectivity index (χ0) is 30.8. The van der Waals surface area contributed by atoms with Crippen molar-refractivity contribution in [2.24, 2.45) is 0 Å². The van der Waals surface area contributed by atoms with Crippen LogP contribution in [0.4, 0.5) is 19.0 Å². The normalized spacial score (nSPS) is 25.7. The summed E-state index contributed by atoms with van der Waals surface area (Å²) in [5.74, 6) is -0.898. The molecule has 3 saturated heterocycles. The van der Waals surface area contributed by atoms with Gasteiger partial charge >= 0.3 is 6.01 Å². The van der Waals surface area contributed by atoms with E-state index >= 15 is 4.39 Å². The van der Waals surface area contributed by atoms with Crippen molar-refractivity contribution >= 4 is 27.5 Å². The second kappa shape index (κ2) is 10.7. The van der Waals surface area contributed by atoms with Gasteiger partial charge in [0.15, 0.2) is 5.82 Å². The SMILES string of the molecule is CCc1c(F)ccc2cc(O)cc(-c3ncc4c(N5CCC[C@@](C)(O)C5)nc(OC[C@]56CCCN5C[C@H](F)C6)nc4c3F)c12. The number of aryl methyl sites for hydroxylation is 1. The monoisotopic (exact) mass is 607 g/mol. The molecule has 3 aliphatic heterocycles. The number of aromatic hydroxyl groups is 1. The van der Waals surface area contributed by atoms with Crippen molar-refractivity contribution in [1.29, 1.82) is 0 Å². The summed E-state index contributed by atoms with van der Waals surface area (Å²) < 4.78 is 52.2. The van der Waals surface area contributed by atoms with Gasteiger partial charge in [-0.15, -0.1) is 0 Å². The predicted molar refractivity (Wildman–Crippen MR) is 162 cm³/mol. The second-order valence-corrected chi connectivity index (χ2v) is 12.9. The molecular formula is C33H36F3N5O3. The van der Waals surface area contributed by atoms with E-state index in [1.54, 1.807) is 13.0 Å². The number of aromatic nitrogens is 3. The number of alkyl halides is 1.